The monoisotopic (exact) mass is 1200 g/mol. The number of nitrogens with one attached hydrogen (secondary N) is 2. The number of ether oxygens (including phenoxy) is 1. The number of aryl methyl sites for hydroxylation is 1. The van der Waals surface area contributed by atoms with Crippen molar-refractivity contribution in [2.45, 2.75) is 149 Å². The number of unbranched alkanes of at least 4 members (excludes halogenated alkanes) is 1. The molecule has 4 atom stereocenters. The summed E-state index contributed by atoms with van der Waals surface area (Å²) in [6, 6.07) is 18.7. The Hall–Kier alpha value is -6.41. The number of pyridine rings is 1. The van der Waals surface area contributed by atoms with E-state index in [4.69, 9.17) is 26.8 Å². The number of hydrogen-bond donors (Lipinski definition) is 6. The number of benzene rings is 2. The van der Waals surface area contributed by atoms with Crippen molar-refractivity contribution in [3.8, 4) is 22.1 Å². The van der Waals surface area contributed by atoms with Gasteiger partial charge in [-0.1, -0.05) is 68.7 Å². The fourth-order valence-corrected chi connectivity index (χ4v) is 15.3. The maximum absolute atomic E-state index is 14.5. The topological polar surface area (TPSA) is 229 Å². The van der Waals surface area contributed by atoms with Crippen molar-refractivity contribution >= 4 is 34.7 Å². The SMILES string of the molecule is CCCCNCCN(Cc1ccnc(OC2CCN(CC3CC4(CCN(CC5CCN(C6=NOC(C(C(=O)N7CCCC7C(=O)NC(C)c7ccc(-c8scnc8C)cc7)C(C)C)C6)CC5)CC4)C3)CC2)c1)C(/C=C(\N)c1ccccc1O)=C(N)N. The number of phenols is 1. The number of phenolic OH excluding ortho intramolecular Hbond substituents is 1. The van der Waals surface area contributed by atoms with Gasteiger partial charge in [-0.3, -0.25) is 9.59 Å². The molecule has 1 spiro atoms. The molecule has 4 aromatic rings. The van der Waals surface area contributed by atoms with Crippen LogP contribution in [0.15, 0.2) is 95.1 Å². The van der Waals surface area contributed by atoms with Crippen LogP contribution in [0.5, 0.6) is 11.6 Å². The van der Waals surface area contributed by atoms with E-state index in [1.165, 1.54) is 51.9 Å². The van der Waals surface area contributed by atoms with Crippen molar-refractivity contribution in [1.29, 1.82) is 0 Å². The van der Waals surface area contributed by atoms with Crippen LogP contribution in [0.25, 0.3) is 16.1 Å². The van der Waals surface area contributed by atoms with Crippen LogP contribution in [0.3, 0.4) is 0 Å². The minimum Gasteiger partial charge on any atom is -0.507 e. The van der Waals surface area contributed by atoms with Gasteiger partial charge in [0.1, 0.15) is 35.7 Å². The maximum Gasteiger partial charge on any atom is 0.243 e. The molecule has 86 heavy (non-hydrogen) atoms. The van der Waals surface area contributed by atoms with Crippen molar-refractivity contribution in [3.63, 3.8) is 0 Å². The molecule has 19 heteroatoms. The highest BCUT2D eigenvalue weighted by molar-refractivity contribution is 7.13. The summed E-state index contributed by atoms with van der Waals surface area (Å²) in [5.41, 5.74) is 27.3. The van der Waals surface area contributed by atoms with E-state index in [1.807, 2.05) is 48.7 Å². The molecule has 4 unspecified atom stereocenters. The lowest BCUT2D eigenvalue weighted by molar-refractivity contribution is -0.147. The Labute approximate surface area is 515 Å². The molecular weight excluding hydrogens is 1100 g/mol. The quantitative estimate of drug-likeness (QED) is 0.0285. The summed E-state index contributed by atoms with van der Waals surface area (Å²) in [6.45, 7) is 22.6. The van der Waals surface area contributed by atoms with Crippen LogP contribution >= 0.6 is 11.3 Å². The van der Waals surface area contributed by atoms with Crippen molar-refractivity contribution in [3.05, 3.63) is 112 Å². The Balaban J connectivity index is 0.617. The number of piperidine rings is 3. The zero-order chi connectivity index (χ0) is 60.3. The molecule has 6 aliphatic rings. The normalized spacial score (nSPS) is 21.5. The number of carbonyl (C=O) groups is 2. The van der Waals surface area contributed by atoms with Crippen LogP contribution in [-0.4, -0.2) is 154 Å². The molecule has 7 heterocycles. The largest absolute Gasteiger partial charge is 0.507 e. The van der Waals surface area contributed by atoms with Crippen molar-refractivity contribution < 1.29 is 24.3 Å². The number of rotatable bonds is 24. The first kappa shape index (κ1) is 62.6. The van der Waals surface area contributed by atoms with Gasteiger partial charge in [0.05, 0.1) is 33.7 Å². The van der Waals surface area contributed by atoms with E-state index in [9.17, 15) is 14.7 Å². The molecule has 2 amide bonds. The van der Waals surface area contributed by atoms with Gasteiger partial charge in [-0.15, -0.1) is 11.3 Å². The lowest BCUT2D eigenvalue weighted by Gasteiger charge is -2.54. The zero-order valence-corrected chi connectivity index (χ0v) is 52.6. The van der Waals surface area contributed by atoms with E-state index in [1.54, 1.807) is 35.6 Å². The molecule has 5 fully saturated rings. The molecule has 18 nitrogen and oxygen atoms in total. The fourth-order valence-electron chi connectivity index (χ4n) is 14.5. The number of para-hydroxylation sites is 1. The number of aromatic hydroxyl groups is 1. The van der Waals surface area contributed by atoms with Gasteiger partial charge in [-0.2, -0.15) is 0 Å². The van der Waals surface area contributed by atoms with Crippen LogP contribution in [-0.2, 0) is 21.0 Å². The number of nitrogens with two attached hydrogens (primary N) is 3. The highest BCUT2D eigenvalue weighted by Gasteiger charge is 2.47. The summed E-state index contributed by atoms with van der Waals surface area (Å²) in [5.74, 6) is 2.86. The van der Waals surface area contributed by atoms with Crippen LogP contribution < -0.4 is 32.6 Å². The van der Waals surface area contributed by atoms with Crippen molar-refractivity contribution in [2.75, 3.05) is 78.5 Å². The Morgan fingerprint density at radius 2 is 1.63 bits per heavy atom. The molecule has 0 radical (unpaired) electrons. The summed E-state index contributed by atoms with van der Waals surface area (Å²) in [4.78, 5) is 56.4. The third-order valence-corrected chi connectivity index (χ3v) is 20.5. The molecule has 5 aliphatic heterocycles. The molecule has 1 saturated carbocycles. The number of oxime groups is 1. The van der Waals surface area contributed by atoms with Gasteiger partial charge in [-0.05, 0) is 168 Å². The van der Waals surface area contributed by atoms with Gasteiger partial charge in [0.25, 0.3) is 0 Å². The number of thiazole rings is 1. The summed E-state index contributed by atoms with van der Waals surface area (Å²) in [6.07, 6.45) is 17.2. The van der Waals surface area contributed by atoms with E-state index in [0.29, 0.717) is 66.6 Å². The number of allylic oxidation sites excluding steroid dienone is 1. The summed E-state index contributed by atoms with van der Waals surface area (Å²) in [5, 5.41) is 21.9. The summed E-state index contributed by atoms with van der Waals surface area (Å²) in [7, 11) is 0. The molecule has 1 aliphatic carbocycles. The summed E-state index contributed by atoms with van der Waals surface area (Å²) < 4.78 is 6.57. The van der Waals surface area contributed by atoms with Crippen LogP contribution in [0.4, 0.5) is 0 Å². The second-order valence-electron chi connectivity index (χ2n) is 26.0. The number of hydrogen-bond acceptors (Lipinski definition) is 17. The first-order valence-corrected chi connectivity index (χ1v) is 33.1. The highest BCUT2D eigenvalue weighted by Crippen LogP contribution is 2.53. The minimum atomic E-state index is -0.495. The van der Waals surface area contributed by atoms with Gasteiger partial charge in [0.15, 0.2) is 0 Å². The Morgan fingerprint density at radius 3 is 2.33 bits per heavy atom. The third kappa shape index (κ3) is 15.6. The lowest BCUT2D eigenvalue weighted by Crippen LogP contribution is -2.51. The number of nitrogens with zero attached hydrogens (tertiary/aromatic N) is 8. The van der Waals surface area contributed by atoms with Crippen molar-refractivity contribution in [1.82, 2.24) is 45.1 Å². The van der Waals surface area contributed by atoms with Gasteiger partial charge in [0.2, 0.25) is 17.7 Å². The Kier molecular flexibility index (Phi) is 21.2. The predicted molar refractivity (Wildman–Crippen MR) is 342 cm³/mol. The average molecular weight is 1200 g/mol. The molecule has 10 rings (SSSR count). The summed E-state index contributed by atoms with van der Waals surface area (Å²) >= 11 is 1.63. The van der Waals surface area contributed by atoms with Crippen LogP contribution in [0, 0.1) is 36.0 Å². The van der Waals surface area contributed by atoms with Gasteiger partial charge in [-0.25, -0.2) is 9.97 Å². The number of carbonyl (C=O) groups excluding carboxylic acids is 2. The Bertz CT molecular complexity index is 2970. The van der Waals surface area contributed by atoms with E-state index < -0.39 is 6.04 Å². The average Bonchev–Trinajstić information content (AvgIpc) is 3.35. The van der Waals surface area contributed by atoms with Crippen LogP contribution in [0.1, 0.15) is 140 Å². The molecule has 2 aromatic heterocycles. The standard InChI is InChI=1S/C67H97N13O5S/c1-6-7-25-71-27-35-79(57(64(69)70)37-55(68)54-11-8-9-13-58(54)81)43-49-18-26-72-61(36-49)84-53-21-29-76(30-22-53)42-50-39-67(40-50)23-33-77(34-24-67)41-48-19-31-78(32-20-48)60-38-59(85-75-60)62(45(2)3)66(83)80-28-10-12-56(80)65(82)74-46(4)51-14-16-52(17-15-51)63-47(5)73-44-86-63/h8-9,11,13-18,26,36-37,44-46,48,50,53,56,59,62,71,81H,6-7,10,12,19-25,27-35,38-43,68-70H2,1-5H3,(H,74,82)/b55-37-. The third-order valence-electron chi connectivity index (χ3n) is 19.5. The number of likely N-dealkylation sites (tertiary alicyclic amines) is 4. The second-order valence-corrected chi connectivity index (χ2v) is 26.9. The van der Waals surface area contributed by atoms with Gasteiger partial charge < -0.3 is 67.0 Å². The lowest BCUT2D eigenvalue weighted by atomic mass is 9.57. The van der Waals surface area contributed by atoms with Gasteiger partial charge >= 0.3 is 0 Å². The zero-order valence-electron chi connectivity index (χ0n) is 51.8. The first-order chi connectivity index (χ1) is 41.6. The Morgan fingerprint density at radius 1 is 0.895 bits per heavy atom. The van der Waals surface area contributed by atoms with E-state index in [-0.39, 0.29) is 53.5 Å². The van der Waals surface area contributed by atoms with Gasteiger partial charge in [0, 0.05) is 95.4 Å². The smallest absolute Gasteiger partial charge is 0.243 e. The molecule has 2 aromatic carbocycles. The molecule has 466 valence electrons. The van der Waals surface area contributed by atoms with E-state index in [0.717, 1.165) is 123 Å². The molecular formula is C67H97N13O5S. The first-order valence-electron chi connectivity index (χ1n) is 32.2. The minimum absolute atomic E-state index is 0.00437. The number of amidine groups is 1. The fraction of sp³-hybridized carbons (Fsp3) is 0.597. The number of amides is 2. The predicted octanol–water partition coefficient (Wildman–Crippen LogP) is 8.79. The highest BCUT2D eigenvalue weighted by atomic mass is 32.1. The van der Waals surface area contributed by atoms with Crippen LogP contribution in [0.2, 0.25) is 0 Å². The second kappa shape index (κ2) is 29.1. The maximum atomic E-state index is 14.5. The molecule has 0 bridgehead atoms. The molecule has 9 N–H and O–H groups in total. The van der Waals surface area contributed by atoms with E-state index >= 15 is 0 Å². The molecule has 4 saturated heterocycles. The van der Waals surface area contributed by atoms with Crippen molar-refractivity contribution in [2.24, 2.45) is 51.4 Å². The van der Waals surface area contributed by atoms with E-state index in [2.05, 4.69) is 90.4 Å². The number of aromatic nitrogens is 2.